The minimum absolute atomic E-state index is 0.185. The van der Waals surface area contributed by atoms with Gasteiger partial charge in [-0.05, 0) is 51.5 Å². The van der Waals surface area contributed by atoms with Crippen molar-refractivity contribution >= 4 is 33.3 Å². The van der Waals surface area contributed by atoms with Gasteiger partial charge in [-0.25, -0.2) is 9.97 Å². The highest BCUT2D eigenvalue weighted by Gasteiger charge is 2.27. The van der Waals surface area contributed by atoms with Crippen LogP contribution in [0.3, 0.4) is 0 Å². The van der Waals surface area contributed by atoms with E-state index in [2.05, 4.69) is 28.7 Å². The zero-order chi connectivity index (χ0) is 18.1. The molecule has 2 aromatic heterocycles. The van der Waals surface area contributed by atoms with E-state index in [0.29, 0.717) is 6.04 Å². The molecule has 0 saturated carbocycles. The number of nitrogens with zero attached hydrogens (tertiary/aromatic N) is 4. The molecule has 0 N–H and O–H groups in total. The third-order valence-electron chi connectivity index (χ3n) is 5.87. The monoisotopic (exact) mass is 372 g/mol. The molecule has 0 aliphatic carbocycles. The zero-order valence-corrected chi connectivity index (χ0v) is 16.6. The molecular formula is C20H28N4OS. The molecule has 0 spiro atoms. The second kappa shape index (κ2) is 7.51. The lowest BCUT2D eigenvalue weighted by molar-refractivity contribution is 0.0766. The highest BCUT2D eigenvalue weighted by molar-refractivity contribution is 7.20. The van der Waals surface area contributed by atoms with Gasteiger partial charge in [-0.15, -0.1) is 11.3 Å². The third-order valence-corrected chi connectivity index (χ3v) is 7.06. The minimum atomic E-state index is 0.185. The maximum absolute atomic E-state index is 13.2. The molecule has 1 amide bonds. The molecule has 6 heteroatoms. The topological polar surface area (TPSA) is 49.3 Å². The highest BCUT2D eigenvalue weighted by atomic mass is 32.1. The summed E-state index contributed by atoms with van der Waals surface area (Å²) in [7, 11) is 0. The number of likely N-dealkylation sites (tertiary alicyclic amines) is 1. The van der Waals surface area contributed by atoms with E-state index in [0.717, 1.165) is 59.0 Å². The Hall–Kier alpha value is -1.69. The average molecular weight is 373 g/mol. The van der Waals surface area contributed by atoms with E-state index >= 15 is 0 Å². The van der Waals surface area contributed by atoms with Gasteiger partial charge in [-0.2, -0.15) is 0 Å². The molecule has 5 nitrogen and oxygen atoms in total. The first-order valence-electron chi connectivity index (χ1n) is 9.97. The molecule has 4 heterocycles. The van der Waals surface area contributed by atoms with Crippen molar-refractivity contribution in [3.8, 4) is 0 Å². The number of aromatic nitrogens is 2. The molecule has 2 aliphatic rings. The number of carbonyl (C=O) groups is 1. The first-order chi connectivity index (χ1) is 12.7. The Balaban J connectivity index is 1.72. The number of anilines is 1. The van der Waals surface area contributed by atoms with Crippen LogP contribution in [-0.4, -0.2) is 46.5 Å². The molecule has 0 aromatic carbocycles. The van der Waals surface area contributed by atoms with Gasteiger partial charge < -0.3 is 9.80 Å². The van der Waals surface area contributed by atoms with E-state index < -0.39 is 0 Å². The Labute approximate surface area is 159 Å². The van der Waals surface area contributed by atoms with Crippen molar-refractivity contribution in [3.63, 3.8) is 0 Å². The van der Waals surface area contributed by atoms with Crippen LogP contribution in [0.1, 0.15) is 67.1 Å². The summed E-state index contributed by atoms with van der Waals surface area (Å²) in [6, 6.07) is 0.492. The summed E-state index contributed by atoms with van der Waals surface area (Å²) in [5.74, 6) is 1.20. The highest BCUT2D eigenvalue weighted by Crippen LogP contribution is 2.37. The number of amides is 1. The molecule has 2 aromatic rings. The van der Waals surface area contributed by atoms with Crippen LogP contribution in [0, 0.1) is 6.92 Å². The summed E-state index contributed by atoms with van der Waals surface area (Å²) in [5.41, 5.74) is 1.06. The van der Waals surface area contributed by atoms with Crippen LogP contribution in [0.4, 0.5) is 5.82 Å². The summed E-state index contributed by atoms with van der Waals surface area (Å²) in [6.07, 6.45) is 10.1. The Bertz CT molecular complexity index is 794. The van der Waals surface area contributed by atoms with Crippen molar-refractivity contribution in [2.45, 2.75) is 64.8 Å². The Kier molecular flexibility index (Phi) is 5.11. The number of hydrogen-bond acceptors (Lipinski definition) is 5. The van der Waals surface area contributed by atoms with Crippen LogP contribution in [0.5, 0.6) is 0 Å². The van der Waals surface area contributed by atoms with Gasteiger partial charge in [0.15, 0.2) is 0 Å². The fourth-order valence-corrected chi connectivity index (χ4v) is 5.42. The second-order valence-corrected chi connectivity index (χ2v) is 8.68. The van der Waals surface area contributed by atoms with Gasteiger partial charge in [0.25, 0.3) is 5.91 Å². The van der Waals surface area contributed by atoms with Crippen LogP contribution in [-0.2, 0) is 0 Å². The second-order valence-electron chi connectivity index (χ2n) is 7.68. The van der Waals surface area contributed by atoms with E-state index in [-0.39, 0.29) is 5.91 Å². The van der Waals surface area contributed by atoms with E-state index in [1.165, 1.54) is 32.1 Å². The minimum Gasteiger partial charge on any atom is -0.353 e. The molecular weight excluding hydrogens is 344 g/mol. The maximum Gasteiger partial charge on any atom is 0.264 e. The molecule has 2 fully saturated rings. The molecule has 2 saturated heterocycles. The predicted octanol–water partition coefficient (Wildman–Crippen LogP) is 4.39. The Morgan fingerprint density at radius 3 is 2.54 bits per heavy atom. The molecule has 4 rings (SSSR count). The van der Waals surface area contributed by atoms with Crippen molar-refractivity contribution < 1.29 is 4.79 Å². The van der Waals surface area contributed by atoms with Crippen molar-refractivity contribution in [2.75, 3.05) is 24.5 Å². The normalized spacial score (nSPS) is 21.8. The molecule has 26 heavy (non-hydrogen) atoms. The standard InChI is InChI=1S/C20H28N4OS/c1-14-9-5-8-12-24(14)18-16-15(2)17(26-19(16)22-13-21-18)20(25)23-10-6-3-4-7-11-23/h13-14H,3-12H2,1-2H3. The number of carbonyl (C=O) groups excluding carboxylic acids is 1. The number of fused-ring (bicyclic) bond motifs is 1. The van der Waals surface area contributed by atoms with Crippen molar-refractivity contribution in [1.82, 2.24) is 14.9 Å². The quantitative estimate of drug-likeness (QED) is 0.784. The largest absolute Gasteiger partial charge is 0.353 e. The molecule has 0 radical (unpaired) electrons. The van der Waals surface area contributed by atoms with Crippen LogP contribution in [0.2, 0.25) is 0 Å². The van der Waals surface area contributed by atoms with Gasteiger partial charge >= 0.3 is 0 Å². The molecule has 140 valence electrons. The smallest absolute Gasteiger partial charge is 0.264 e. The van der Waals surface area contributed by atoms with Crippen molar-refractivity contribution in [3.05, 3.63) is 16.8 Å². The molecule has 0 bridgehead atoms. The number of thiophene rings is 1. The van der Waals surface area contributed by atoms with E-state index in [1.54, 1.807) is 17.7 Å². The first-order valence-corrected chi connectivity index (χ1v) is 10.8. The van der Waals surface area contributed by atoms with Crippen LogP contribution in [0.25, 0.3) is 10.2 Å². The van der Waals surface area contributed by atoms with Crippen molar-refractivity contribution in [2.24, 2.45) is 0 Å². The summed E-state index contributed by atoms with van der Waals surface area (Å²) in [6.45, 7) is 7.16. The summed E-state index contributed by atoms with van der Waals surface area (Å²) in [4.78, 5) is 28.6. The molecule has 1 atom stereocenters. The number of rotatable bonds is 2. The summed E-state index contributed by atoms with van der Waals surface area (Å²) in [5, 5.41) is 1.09. The fraction of sp³-hybridized carbons (Fsp3) is 0.650. The molecule has 1 unspecified atom stereocenters. The third kappa shape index (κ3) is 3.20. The number of aryl methyl sites for hydroxylation is 1. The van der Waals surface area contributed by atoms with Gasteiger partial charge in [-0.3, -0.25) is 4.79 Å². The van der Waals surface area contributed by atoms with Gasteiger partial charge in [-0.1, -0.05) is 12.8 Å². The van der Waals surface area contributed by atoms with Gasteiger partial charge in [0.05, 0.1) is 10.3 Å². The Morgan fingerprint density at radius 2 is 1.81 bits per heavy atom. The van der Waals surface area contributed by atoms with Crippen molar-refractivity contribution in [1.29, 1.82) is 0 Å². The van der Waals surface area contributed by atoms with E-state index in [4.69, 9.17) is 0 Å². The van der Waals surface area contributed by atoms with Gasteiger partial charge in [0, 0.05) is 25.7 Å². The van der Waals surface area contributed by atoms with Crippen LogP contribution in [0.15, 0.2) is 6.33 Å². The predicted molar refractivity (Wildman–Crippen MR) is 107 cm³/mol. The number of piperidine rings is 1. The summed E-state index contributed by atoms with van der Waals surface area (Å²) < 4.78 is 0. The van der Waals surface area contributed by atoms with Gasteiger partial charge in [0.2, 0.25) is 0 Å². The number of hydrogen-bond donors (Lipinski definition) is 0. The zero-order valence-electron chi connectivity index (χ0n) is 15.8. The Morgan fingerprint density at radius 1 is 1.08 bits per heavy atom. The lowest BCUT2D eigenvalue weighted by atomic mass is 10.0. The van der Waals surface area contributed by atoms with E-state index in [1.807, 2.05) is 4.90 Å². The maximum atomic E-state index is 13.2. The average Bonchev–Trinajstić information content (AvgIpc) is 2.84. The molecule has 2 aliphatic heterocycles. The summed E-state index contributed by atoms with van der Waals surface area (Å²) >= 11 is 1.54. The van der Waals surface area contributed by atoms with Crippen LogP contribution >= 0.6 is 11.3 Å². The van der Waals surface area contributed by atoms with Crippen LogP contribution < -0.4 is 4.90 Å². The lowest BCUT2D eigenvalue weighted by Gasteiger charge is -2.34. The lowest BCUT2D eigenvalue weighted by Crippen LogP contribution is -2.38. The fourth-order valence-electron chi connectivity index (χ4n) is 4.30. The van der Waals surface area contributed by atoms with Gasteiger partial charge in [0.1, 0.15) is 17.0 Å². The SMILES string of the molecule is Cc1c(C(=O)N2CCCCCC2)sc2ncnc(N3CCCCC3C)c12. The first kappa shape index (κ1) is 17.7. The van der Waals surface area contributed by atoms with E-state index in [9.17, 15) is 4.79 Å².